The Kier molecular flexibility index (Phi) is 5.99. The summed E-state index contributed by atoms with van der Waals surface area (Å²) < 4.78 is 1.63. The molecule has 31 heavy (non-hydrogen) atoms. The van der Waals surface area contributed by atoms with Crippen molar-refractivity contribution >= 4 is 28.9 Å². The molecule has 0 spiro atoms. The van der Waals surface area contributed by atoms with Crippen molar-refractivity contribution in [3.63, 3.8) is 0 Å². The summed E-state index contributed by atoms with van der Waals surface area (Å²) in [6.45, 7) is 3.43. The van der Waals surface area contributed by atoms with Crippen LogP contribution < -0.4 is 10.9 Å². The number of carbonyl (C=O) groups is 3. The van der Waals surface area contributed by atoms with E-state index in [-0.39, 0.29) is 5.56 Å². The van der Waals surface area contributed by atoms with Crippen LogP contribution in [0.25, 0.3) is 5.69 Å². The Balaban J connectivity index is 1.44. The van der Waals surface area contributed by atoms with E-state index in [4.69, 9.17) is 0 Å². The molecule has 2 heterocycles. The Bertz CT molecular complexity index is 1120. The maximum Gasteiger partial charge on any atom is 0.310 e. The van der Waals surface area contributed by atoms with Gasteiger partial charge in [0, 0.05) is 4.88 Å². The number of thiophene rings is 1. The van der Waals surface area contributed by atoms with Gasteiger partial charge in [0.2, 0.25) is 0 Å². The highest BCUT2D eigenvalue weighted by Crippen LogP contribution is 2.28. The van der Waals surface area contributed by atoms with Crippen LogP contribution in [-0.2, 0) is 17.6 Å². The van der Waals surface area contributed by atoms with E-state index in [1.54, 1.807) is 18.5 Å². The molecule has 160 valence electrons. The number of hydrazine groups is 1. The molecular weight excluding hydrogens is 412 g/mol. The van der Waals surface area contributed by atoms with Crippen LogP contribution in [0.4, 0.5) is 0 Å². The van der Waals surface area contributed by atoms with E-state index in [2.05, 4.69) is 16.0 Å². The van der Waals surface area contributed by atoms with Gasteiger partial charge in [0.25, 0.3) is 11.7 Å². The lowest BCUT2D eigenvalue weighted by molar-refractivity contribution is -0.117. The molecule has 2 aromatic heterocycles. The van der Waals surface area contributed by atoms with Crippen LogP contribution in [-0.4, -0.2) is 27.4 Å². The van der Waals surface area contributed by atoms with Gasteiger partial charge in [-0.3, -0.25) is 25.2 Å². The first-order valence-corrected chi connectivity index (χ1v) is 11.2. The Morgan fingerprint density at radius 2 is 1.74 bits per heavy atom. The molecule has 1 aliphatic rings. The number of para-hydroxylation sites is 1. The van der Waals surface area contributed by atoms with Crippen LogP contribution in [0.1, 0.15) is 61.1 Å². The number of aryl methyl sites for hydroxylation is 3. The normalized spacial score (nSPS) is 13.2. The molecule has 0 fully saturated rings. The van der Waals surface area contributed by atoms with Gasteiger partial charge in [-0.25, -0.2) is 4.68 Å². The number of nitrogens with one attached hydrogen (secondary N) is 2. The minimum Gasteiger partial charge on any atom is -0.283 e. The monoisotopic (exact) mass is 436 g/mol. The van der Waals surface area contributed by atoms with Crippen molar-refractivity contribution in [1.29, 1.82) is 0 Å². The summed E-state index contributed by atoms with van der Waals surface area (Å²) in [5.74, 6) is -2.04. The third-order valence-corrected chi connectivity index (χ3v) is 6.72. The summed E-state index contributed by atoms with van der Waals surface area (Å²) in [5.41, 5.74) is 7.90. The highest BCUT2D eigenvalue weighted by Gasteiger charge is 2.26. The average molecular weight is 437 g/mol. The molecule has 0 saturated heterocycles. The van der Waals surface area contributed by atoms with Gasteiger partial charge in [-0.2, -0.15) is 5.10 Å². The quantitative estimate of drug-likeness (QED) is 0.283. The molecule has 0 radical (unpaired) electrons. The largest absolute Gasteiger partial charge is 0.310 e. The fourth-order valence-corrected chi connectivity index (χ4v) is 5.07. The van der Waals surface area contributed by atoms with Crippen molar-refractivity contribution in [3.8, 4) is 5.69 Å². The zero-order valence-corrected chi connectivity index (χ0v) is 18.3. The molecule has 0 atom stereocenters. The van der Waals surface area contributed by atoms with E-state index < -0.39 is 17.6 Å². The first-order valence-electron chi connectivity index (χ1n) is 10.3. The Hall–Kier alpha value is -3.26. The van der Waals surface area contributed by atoms with Gasteiger partial charge in [-0.05, 0) is 63.3 Å². The van der Waals surface area contributed by atoms with Gasteiger partial charge < -0.3 is 0 Å². The zero-order chi connectivity index (χ0) is 22.0. The lowest BCUT2D eigenvalue weighted by Gasteiger charge is -2.07. The molecule has 7 nitrogen and oxygen atoms in total. The predicted octanol–water partition coefficient (Wildman–Crippen LogP) is 3.46. The van der Waals surface area contributed by atoms with Crippen LogP contribution in [0, 0.1) is 13.8 Å². The molecule has 2 amide bonds. The predicted molar refractivity (Wildman–Crippen MR) is 119 cm³/mol. The maximum atomic E-state index is 12.8. The molecule has 0 saturated carbocycles. The number of hydrogen-bond acceptors (Lipinski definition) is 5. The van der Waals surface area contributed by atoms with Gasteiger partial charge in [0.1, 0.15) is 0 Å². The molecule has 3 aromatic rings. The molecule has 1 aromatic carbocycles. The van der Waals surface area contributed by atoms with Gasteiger partial charge in [0.15, 0.2) is 0 Å². The van der Waals surface area contributed by atoms with Crippen LogP contribution in [0.5, 0.6) is 0 Å². The van der Waals surface area contributed by atoms with E-state index in [0.29, 0.717) is 16.3 Å². The standard InChI is InChI=1S/C23H24N4O3S/c1-14-20(15(2)27(26-14)17-10-6-4-7-11-17)21(28)23(30)25-24-22(29)19-13-16-9-5-3-8-12-18(16)31-19/h4,6-7,10-11,13H,3,5,8-9,12H2,1-2H3,(H,24,29)(H,25,30). The third-order valence-electron chi connectivity index (χ3n) is 5.49. The number of carbonyl (C=O) groups excluding carboxylic acids is 3. The number of nitrogens with zero attached hydrogens (tertiary/aromatic N) is 2. The summed E-state index contributed by atoms with van der Waals surface area (Å²) in [5, 5.41) is 4.40. The molecule has 1 aliphatic carbocycles. The van der Waals surface area contributed by atoms with Crippen LogP contribution in [0.3, 0.4) is 0 Å². The second-order valence-electron chi connectivity index (χ2n) is 7.65. The summed E-state index contributed by atoms with van der Waals surface area (Å²) in [7, 11) is 0. The van der Waals surface area contributed by atoms with Gasteiger partial charge in [-0.15, -0.1) is 11.3 Å². The second-order valence-corrected chi connectivity index (χ2v) is 8.79. The van der Waals surface area contributed by atoms with Crippen molar-refractivity contribution in [3.05, 3.63) is 68.7 Å². The first-order chi connectivity index (χ1) is 15.0. The van der Waals surface area contributed by atoms with Crippen molar-refractivity contribution in [1.82, 2.24) is 20.6 Å². The van der Waals surface area contributed by atoms with Gasteiger partial charge >= 0.3 is 5.91 Å². The Morgan fingerprint density at radius 1 is 1.00 bits per heavy atom. The maximum absolute atomic E-state index is 12.8. The lowest BCUT2D eigenvalue weighted by Crippen LogP contribution is -2.44. The number of fused-ring (bicyclic) bond motifs is 1. The first kappa shape index (κ1) is 21.0. The minimum absolute atomic E-state index is 0.235. The van der Waals surface area contributed by atoms with E-state index in [1.165, 1.54) is 28.2 Å². The Labute approximate surface area is 184 Å². The number of aromatic nitrogens is 2. The number of amides is 2. The smallest absolute Gasteiger partial charge is 0.283 e. The number of ketones is 1. The summed E-state index contributed by atoms with van der Waals surface area (Å²) >= 11 is 1.46. The molecule has 0 aliphatic heterocycles. The Morgan fingerprint density at radius 3 is 2.52 bits per heavy atom. The van der Waals surface area contributed by atoms with Gasteiger partial charge in [0.05, 0.1) is 27.5 Å². The number of hydrogen-bond donors (Lipinski definition) is 2. The second kappa shape index (κ2) is 8.85. The van der Waals surface area contributed by atoms with E-state index in [0.717, 1.165) is 31.4 Å². The van der Waals surface area contributed by atoms with Crippen molar-refractivity contribution < 1.29 is 14.4 Å². The zero-order valence-electron chi connectivity index (χ0n) is 17.5. The van der Waals surface area contributed by atoms with Crippen LogP contribution in [0.2, 0.25) is 0 Å². The SMILES string of the molecule is Cc1nn(-c2ccccc2)c(C)c1C(=O)C(=O)NNC(=O)c1cc2c(s1)CCCCC2. The molecule has 4 rings (SSSR count). The van der Waals surface area contributed by atoms with Crippen LogP contribution >= 0.6 is 11.3 Å². The third kappa shape index (κ3) is 4.29. The van der Waals surface area contributed by atoms with Crippen molar-refractivity contribution in [2.45, 2.75) is 46.0 Å². The molecule has 2 N–H and O–H groups in total. The average Bonchev–Trinajstić information content (AvgIpc) is 3.23. The molecule has 8 heteroatoms. The molecular formula is C23H24N4O3S. The van der Waals surface area contributed by atoms with E-state index in [1.807, 2.05) is 36.4 Å². The fraction of sp³-hybridized carbons (Fsp3) is 0.304. The van der Waals surface area contributed by atoms with Crippen molar-refractivity contribution in [2.75, 3.05) is 0 Å². The van der Waals surface area contributed by atoms with E-state index in [9.17, 15) is 14.4 Å². The van der Waals surface area contributed by atoms with Gasteiger partial charge in [-0.1, -0.05) is 24.6 Å². The summed E-state index contributed by atoms with van der Waals surface area (Å²) in [6.07, 6.45) is 5.44. The van der Waals surface area contributed by atoms with Crippen molar-refractivity contribution in [2.24, 2.45) is 0 Å². The molecule has 0 unspecified atom stereocenters. The number of rotatable bonds is 4. The lowest BCUT2D eigenvalue weighted by atomic mass is 10.1. The minimum atomic E-state index is -0.898. The molecule has 0 bridgehead atoms. The van der Waals surface area contributed by atoms with Crippen LogP contribution in [0.15, 0.2) is 36.4 Å². The summed E-state index contributed by atoms with van der Waals surface area (Å²) in [6, 6.07) is 11.3. The van der Waals surface area contributed by atoms with E-state index >= 15 is 0 Å². The number of Topliss-reactive ketones (excluding diaryl/α,β-unsaturated/α-hetero) is 1. The highest BCUT2D eigenvalue weighted by atomic mass is 32.1. The fourth-order valence-electron chi connectivity index (χ4n) is 3.92. The topological polar surface area (TPSA) is 93.1 Å². The summed E-state index contributed by atoms with van der Waals surface area (Å²) in [4.78, 5) is 39.5. The highest BCUT2D eigenvalue weighted by molar-refractivity contribution is 7.14. The number of benzene rings is 1.